The molecule has 1 aliphatic rings. The third-order valence-corrected chi connectivity index (χ3v) is 2.34. The van der Waals surface area contributed by atoms with E-state index >= 15 is 0 Å². The fourth-order valence-corrected chi connectivity index (χ4v) is 1.58. The third kappa shape index (κ3) is 1.68. The Bertz CT molecular complexity index is 406. The second kappa shape index (κ2) is 3.34. The molecule has 0 bridgehead atoms. The van der Waals surface area contributed by atoms with Crippen molar-refractivity contribution in [2.24, 2.45) is 0 Å². The zero-order valence-electron chi connectivity index (χ0n) is 8.23. The zero-order chi connectivity index (χ0) is 11.0. The summed E-state index contributed by atoms with van der Waals surface area (Å²) in [6.07, 6.45) is -0.876. The summed E-state index contributed by atoms with van der Waals surface area (Å²) < 4.78 is 5.34. The van der Waals surface area contributed by atoms with Crippen LogP contribution in [0.15, 0.2) is 18.2 Å². The molecule has 0 radical (unpaired) electrons. The third-order valence-electron chi connectivity index (χ3n) is 2.34. The molecule has 2 rings (SSSR count). The standard InChI is InChI=1S/C10H12N2O3/c1-5-9(10(13)14)15-8-4-6(11)2-3-7(8)12-5/h2-5,9,12H,11H2,1H3,(H,13,14). The minimum atomic E-state index is -0.983. The second-order valence-corrected chi connectivity index (χ2v) is 3.57. The fraction of sp³-hybridized carbons (Fsp3) is 0.300. The van der Waals surface area contributed by atoms with Crippen molar-refractivity contribution in [3.05, 3.63) is 18.2 Å². The lowest BCUT2D eigenvalue weighted by Crippen LogP contribution is -2.44. The van der Waals surface area contributed by atoms with E-state index in [0.717, 1.165) is 5.69 Å². The van der Waals surface area contributed by atoms with Crippen LogP contribution in [0, 0.1) is 0 Å². The van der Waals surface area contributed by atoms with Gasteiger partial charge >= 0.3 is 5.97 Å². The quantitative estimate of drug-likeness (QED) is 0.597. The van der Waals surface area contributed by atoms with Gasteiger partial charge in [0.05, 0.1) is 11.7 Å². The predicted octanol–water partition coefficient (Wildman–Crippen LogP) is 0.915. The number of fused-ring (bicyclic) bond motifs is 1. The minimum Gasteiger partial charge on any atom is -0.478 e. The lowest BCUT2D eigenvalue weighted by atomic mass is 10.1. The van der Waals surface area contributed by atoms with Crippen LogP contribution in [-0.4, -0.2) is 23.2 Å². The molecule has 0 aromatic heterocycles. The highest BCUT2D eigenvalue weighted by molar-refractivity contribution is 5.77. The van der Waals surface area contributed by atoms with Crippen molar-refractivity contribution < 1.29 is 14.6 Å². The lowest BCUT2D eigenvalue weighted by Gasteiger charge is -2.30. The van der Waals surface area contributed by atoms with Crippen LogP contribution in [0.2, 0.25) is 0 Å². The minimum absolute atomic E-state index is 0.265. The molecule has 1 heterocycles. The number of ether oxygens (including phenoxy) is 1. The van der Waals surface area contributed by atoms with E-state index in [0.29, 0.717) is 11.4 Å². The van der Waals surface area contributed by atoms with E-state index in [-0.39, 0.29) is 6.04 Å². The smallest absolute Gasteiger partial charge is 0.347 e. The van der Waals surface area contributed by atoms with Crippen molar-refractivity contribution in [3.63, 3.8) is 0 Å². The number of benzene rings is 1. The van der Waals surface area contributed by atoms with Crippen molar-refractivity contribution >= 4 is 17.3 Å². The van der Waals surface area contributed by atoms with Crippen molar-refractivity contribution in [2.75, 3.05) is 11.1 Å². The Kier molecular flexibility index (Phi) is 2.15. The van der Waals surface area contributed by atoms with Crippen molar-refractivity contribution in [1.82, 2.24) is 0 Å². The van der Waals surface area contributed by atoms with Gasteiger partial charge in [0, 0.05) is 11.8 Å². The molecule has 0 saturated heterocycles. The van der Waals surface area contributed by atoms with Crippen LogP contribution in [0.1, 0.15) is 6.92 Å². The number of anilines is 2. The summed E-state index contributed by atoms with van der Waals surface area (Å²) in [7, 11) is 0. The maximum Gasteiger partial charge on any atom is 0.347 e. The number of nitrogens with two attached hydrogens (primary N) is 1. The molecule has 1 aliphatic heterocycles. The Balaban J connectivity index is 2.34. The van der Waals surface area contributed by atoms with Crippen LogP contribution in [0.4, 0.5) is 11.4 Å². The molecule has 0 aliphatic carbocycles. The van der Waals surface area contributed by atoms with Gasteiger partial charge in [0.15, 0.2) is 0 Å². The first-order chi connectivity index (χ1) is 7.08. The second-order valence-electron chi connectivity index (χ2n) is 3.57. The average Bonchev–Trinajstić information content (AvgIpc) is 2.17. The van der Waals surface area contributed by atoms with Gasteiger partial charge in [0.2, 0.25) is 6.10 Å². The van der Waals surface area contributed by atoms with Crippen LogP contribution in [0.3, 0.4) is 0 Å². The number of hydrogen-bond acceptors (Lipinski definition) is 4. The van der Waals surface area contributed by atoms with Crippen molar-refractivity contribution in [2.45, 2.75) is 19.1 Å². The summed E-state index contributed by atoms with van der Waals surface area (Å²) in [6, 6.07) is 4.87. The van der Waals surface area contributed by atoms with Crippen LogP contribution >= 0.6 is 0 Å². The summed E-state index contributed by atoms with van der Waals surface area (Å²) in [5.74, 6) is -0.497. The molecule has 1 aromatic rings. The highest BCUT2D eigenvalue weighted by Crippen LogP contribution is 2.32. The maximum atomic E-state index is 10.9. The maximum absolute atomic E-state index is 10.9. The van der Waals surface area contributed by atoms with E-state index in [1.54, 1.807) is 25.1 Å². The Morgan fingerprint density at radius 3 is 3.00 bits per heavy atom. The number of aliphatic carboxylic acids is 1. The lowest BCUT2D eigenvalue weighted by molar-refractivity contribution is -0.145. The number of carbonyl (C=O) groups is 1. The molecule has 5 heteroatoms. The monoisotopic (exact) mass is 208 g/mol. The number of carboxylic acid groups (broad SMARTS) is 1. The Morgan fingerprint density at radius 2 is 2.33 bits per heavy atom. The van der Waals surface area contributed by atoms with Gasteiger partial charge in [-0.2, -0.15) is 0 Å². The van der Waals surface area contributed by atoms with Gasteiger partial charge in [0.25, 0.3) is 0 Å². The molecule has 0 amide bonds. The predicted molar refractivity (Wildman–Crippen MR) is 56.0 cm³/mol. The Hall–Kier alpha value is -1.91. The SMILES string of the molecule is CC1Nc2ccc(N)cc2OC1C(=O)O. The zero-order valence-corrected chi connectivity index (χ0v) is 8.23. The molecule has 5 nitrogen and oxygen atoms in total. The Morgan fingerprint density at radius 1 is 1.60 bits per heavy atom. The van der Waals surface area contributed by atoms with Gasteiger partial charge < -0.3 is 20.9 Å². The number of rotatable bonds is 1. The summed E-state index contributed by atoms with van der Waals surface area (Å²) >= 11 is 0. The van der Waals surface area contributed by atoms with Gasteiger partial charge in [-0.3, -0.25) is 0 Å². The van der Waals surface area contributed by atoms with Gasteiger partial charge in [-0.1, -0.05) is 0 Å². The highest BCUT2D eigenvalue weighted by atomic mass is 16.5. The van der Waals surface area contributed by atoms with Crippen molar-refractivity contribution in [3.8, 4) is 5.75 Å². The molecule has 0 spiro atoms. The first-order valence-electron chi connectivity index (χ1n) is 4.63. The molecule has 0 saturated carbocycles. The fourth-order valence-electron chi connectivity index (χ4n) is 1.58. The topological polar surface area (TPSA) is 84.6 Å². The van der Waals surface area contributed by atoms with Gasteiger partial charge in [-0.15, -0.1) is 0 Å². The molecule has 15 heavy (non-hydrogen) atoms. The molecule has 4 N–H and O–H groups in total. The van der Waals surface area contributed by atoms with Crippen molar-refractivity contribution in [1.29, 1.82) is 0 Å². The molecule has 2 atom stereocenters. The van der Waals surface area contributed by atoms with E-state index in [1.807, 2.05) is 0 Å². The van der Waals surface area contributed by atoms with Gasteiger partial charge in [-0.05, 0) is 19.1 Å². The summed E-state index contributed by atoms with van der Waals surface area (Å²) in [6.45, 7) is 1.76. The van der Waals surface area contributed by atoms with E-state index in [4.69, 9.17) is 15.6 Å². The molecule has 1 aromatic carbocycles. The summed E-state index contributed by atoms with van der Waals surface area (Å²) in [5, 5.41) is 12.0. The summed E-state index contributed by atoms with van der Waals surface area (Å²) in [4.78, 5) is 10.9. The molecule has 0 fully saturated rings. The number of carboxylic acids is 1. The van der Waals surface area contributed by atoms with Gasteiger partial charge in [0.1, 0.15) is 5.75 Å². The van der Waals surface area contributed by atoms with Gasteiger partial charge in [-0.25, -0.2) is 4.79 Å². The molecular formula is C10H12N2O3. The van der Waals surface area contributed by atoms with E-state index < -0.39 is 12.1 Å². The summed E-state index contributed by atoms with van der Waals surface area (Å²) in [5.41, 5.74) is 6.91. The molecular weight excluding hydrogens is 196 g/mol. The molecule has 2 unspecified atom stereocenters. The van der Waals surface area contributed by atoms with Crippen LogP contribution in [0.5, 0.6) is 5.75 Å². The van der Waals surface area contributed by atoms with Crippen LogP contribution in [-0.2, 0) is 4.79 Å². The van der Waals surface area contributed by atoms with E-state index in [2.05, 4.69) is 5.32 Å². The van der Waals surface area contributed by atoms with E-state index in [1.165, 1.54) is 0 Å². The number of nitrogen functional groups attached to an aromatic ring is 1. The van der Waals surface area contributed by atoms with Crippen LogP contribution in [0.25, 0.3) is 0 Å². The molecule has 80 valence electrons. The number of nitrogens with one attached hydrogen (secondary N) is 1. The van der Waals surface area contributed by atoms with E-state index in [9.17, 15) is 4.79 Å². The number of hydrogen-bond donors (Lipinski definition) is 3. The largest absolute Gasteiger partial charge is 0.478 e. The highest BCUT2D eigenvalue weighted by Gasteiger charge is 2.31. The van der Waals surface area contributed by atoms with Crippen LogP contribution < -0.4 is 15.8 Å². The average molecular weight is 208 g/mol. The normalized spacial score (nSPS) is 23.5. The first-order valence-corrected chi connectivity index (χ1v) is 4.63. The first kappa shape index (κ1) is 9.64. The Labute approximate surface area is 86.8 Å².